The number of aromatic nitrogens is 1. The molecule has 0 bridgehead atoms. The molecular weight excluding hydrogens is 512 g/mol. The third kappa shape index (κ3) is 5.98. The van der Waals surface area contributed by atoms with Gasteiger partial charge in [0.2, 0.25) is 0 Å². The largest absolute Gasteiger partial charge is 0.364 e. The first-order valence-electron chi connectivity index (χ1n) is 9.09. The molecule has 0 saturated carbocycles. The van der Waals surface area contributed by atoms with Gasteiger partial charge in [0.25, 0.3) is 0 Å². The van der Waals surface area contributed by atoms with Crippen LogP contribution in [-0.4, -0.2) is 60.7 Å². The first-order chi connectivity index (χ1) is 13.1. The molecule has 1 N–H and O–H groups in total. The molecular formula is C19H26Cl2IN5O. The molecule has 154 valence electrons. The molecule has 9 heteroatoms. The molecule has 28 heavy (non-hydrogen) atoms. The zero-order chi connectivity index (χ0) is 19.2. The Morgan fingerprint density at radius 2 is 1.89 bits per heavy atom. The van der Waals surface area contributed by atoms with Gasteiger partial charge in [-0.1, -0.05) is 41.3 Å². The van der Waals surface area contributed by atoms with E-state index in [9.17, 15) is 0 Å². The highest BCUT2D eigenvalue weighted by atomic mass is 127. The Morgan fingerprint density at radius 1 is 1.21 bits per heavy atom. The fraction of sp³-hybridized carbons (Fsp3) is 0.474. The van der Waals surface area contributed by atoms with E-state index >= 15 is 0 Å². The normalized spacial score (nSPS) is 16.6. The Kier molecular flexibility index (Phi) is 9.33. The summed E-state index contributed by atoms with van der Waals surface area (Å²) in [6.07, 6.45) is 1.61. The zero-order valence-corrected chi connectivity index (χ0v) is 19.9. The van der Waals surface area contributed by atoms with Crippen molar-refractivity contribution in [3.63, 3.8) is 0 Å². The molecule has 1 unspecified atom stereocenters. The number of piperazine rings is 1. The number of rotatable bonds is 5. The molecule has 0 spiro atoms. The van der Waals surface area contributed by atoms with Crippen LogP contribution in [-0.2, 0) is 6.54 Å². The third-order valence-corrected chi connectivity index (χ3v) is 5.48. The van der Waals surface area contributed by atoms with Crippen molar-refractivity contribution in [3.05, 3.63) is 51.8 Å². The minimum Gasteiger partial charge on any atom is -0.364 e. The van der Waals surface area contributed by atoms with Gasteiger partial charge in [0.05, 0.1) is 5.69 Å². The Bertz CT molecular complexity index is 743. The van der Waals surface area contributed by atoms with E-state index in [-0.39, 0.29) is 29.9 Å². The predicted octanol–water partition coefficient (Wildman–Crippen LogP) is 4.10. The van der Waals surface area contributed by atoms with E-state index in [2.05, 4.69) is 32.2 Å². The Labute approximate surface area is 193 Å². The molecule has 2 heterocycles. The van der Waals surface area contributed by atoms with Gasteiger partial charge in [0, 0.05) is 68.3 Å². The van der Waals surface area contributed by atoms with Crippen molar-refractivity contribution in [3.8, 4) is 0 Å². The van der Waals surface area contributed by atoms with Crippen LogP contribution in [0.5, 0.6) is 0 Å². The van der Waals surface area contributed by atoms with Gasteiger partial charge in [0.1, 0.15) is 6.26 Å². The van der Waals surface area contributed by atoms with E-state index < -0.39 is 0 Å². The topological polar surface area (TPSA) is 56.9 Å². The lowest BCUT2D eigenvalue weighted by Crippen LogP contribution is -2.52. The molecule has 1 saturated heterocycles. The summed E-state index contributed by atoms with van der Waals surface area (Å²) >= 11 is 12.7. The summed E-state index contributed by atoms with van der Waals surface area (Å²) in [5.74, 6) is 1.09. The van der Waals surface area contributed by atoms with Crippen molar-refractivity contribution in [2.75, 3.05) is 39.8 Å². The maximum Gasteiger partial charge on any atom is 0.193 e. The van der Waals surface area contributed by atoms with Gasteiger partial charge in [-0.05, 0) is 17.7 Å². The number of hydrogen-bond donors (Lipinski definition) is 1. The molecule has 1 aromatic carbocycles. The van der Waals surface area contributed by atoms with Crippen LogP contribution in [0.15, 0.2) is 40.0 Å². The lowest BCUT2D eigenvalue weighted by atomic mass is 10.0. The SMILES string of the molecule is CN=C(NCC(C)c1c(Cl)cccc1Cl)N1CCN(Cc2ccon2)CC1.I. The predicted molar refractivity (Wildman–Crippen MR) is 125 cm³/mol. The highest BCUT2D eigenvalue weighted by molar-refractivity contribution is 14.0. The number of aliphatic imine (C=N–C) groups is 1. The Morgan fingerprint density at radius 3 is 2.46 bits per heavy atom. The van der Waals surface area contributed by atoms with Crippen LogP contribution in [0.3, 0.4) is 0 Å². The van der Waals surface area contributed by atoms with E-state index in [1.54, 1.807) is 6.26 Å². The third-order valence-electron chi connectivity index (χ3n) is 4.82. The molecule has 2 aromatic rings. The molecule has 1 aliphatic rings. The van der Waals surface area contributed by atoms with E-state index in [0.717, 1.165) is 56.5 Å². The molecule has 3 rings (SSSR count). The maximum atomic E-state index is 6.33. The molecule has 0 radical (unpaired) electrons. The smallest absolute Gasteiger partial charge is 0.193 e. The maximum absolute atomic E-state index is 6.33. The number of nitrogens with one attached hydrogen (secondary N) is 1. The van der Waals surface area contributed by atoms with Crippen LogP contribution in [0.25, 0.3) is 0 Å². The second-order valence-corrected chi connectivity index (χ2v) is 7.53. The standard InChI is InChI=1S/C19H25Cl2N5O.HI/c1-14(18-16(20)4-3-5-17(18)21)12-23-19(22-2)26-9-7-25(8-10-26)13-15-6-11-27-24-15;/h3-6,11,14H,7-10,12-13H2,1-2H3,(H,22,23);1H. The van der Waals surface area contributed by atoms with Gasteiger partial charge in [0.15, 0.2) is 5.96 Å². The average Bonchev–Trinajstić information content (AvgIpc) is 3.16. The molecule has 1 fully saturated rings. The minimum absolute atomic E-state index is 0. The average molecular weight is 538 g/mol. The first kappa shape index (κ1) is 23.3. The second-order valence-electron chi connectivity index (χ2n) is 6.72. The van der Waals surface area contributed by atoms with E-state index in [0.29, 0.717) is 10.0 Å². The van der Waals surface area contributed by atoms with Gasteiger partial charge >= 0.3 is 0 Å². The van der Waals surface area contributed by atoms with Crippen LogP contribution in [0.1, 0.15) is 24.1 Å². The van der Waals surface area contributed by atoms with Crippen molar-refractivity contribution < 1.29 is 4.52 Å². The number of halogens is 3. The quantitative estimate of drug-likeness (QED) is 0.353. The highest BCUT2D eigenvalue weighted by Crippen LogP contribution is 2.30. The Hall–Kier alpha value is -1.03. The number of nitrogens with zero attached hydrogens (tertiary/aromatic N) is 4. The minimum atomic E-state index is 0. The van der Waals surface area contributed by atoms with Gasteiger partial charge < -0.3 is 14.7 Å². The van der Waals surface area contributed by atoms with Crippen molar-refractivity contribution >= 4 is 53.1 Å². The molecule has 1 aliphatic heterocycles. The van der Waals surface area contributed by atoms with Gasteiger partial charge in [-0.15, -0.1) is 24.0 Å². The summed E-state index contributed by atoms with van der Waals surface area (Å²) in [6.45, 7) is 7.40. The monoisotopic (exact) mass is 537 g/mol. The van der Waals surface area contributed by atoms with Crippen molar-refractivity contribution in [2.45, 2.75) is 19.4 Å². The Balaban J connectivity index is 0.00000280. The summed E-state index contributed by atoms with van der Waals surface area (Å²) in [5.41, 5.74) is 1.94. The van der Waals surface area contributed by atoms with E-state index in [1.807, 2.05) is 31.3 Å². The summed E-state index contributed by atoms with van der Waals surface area (Å²) < 4.78 is 4.91. The number of hydrogen-bond acceptors (Lipinski definition) is 4. The highest BCUT2D eigenvalue weighted by Gasteiger charge is 2.21. The van der Waals surface area contributed by atoms with Crippen LogP contribution in [0.4, 0.5) is 0 Å². The van der Waals surface area contributed by atoms with E-state index in [1.165, 1.54) is 0 Å². The fourth-order valence-electron chi connectivity index (χ4n) is 3.33. The number of guanidine groups is 1. The van der Waals surface area contributed by atoms with Gasteiger partial charge in [-0.2, -0.15) is 0 Å². The summed E-state index contributed by atoms with van der Waals surface area (Å²) in [5, 5.41) is 8.85. The second kappa shape index (κ2) is 11.2. The van der Waals surface area contributed by atoms with Crippen LogP contribution < -0.4 is 5.32 Å². The molecule has 0 aliphatic carbocycles. The van der Waals surface area contributed by atoms with Gasteiger partial charge in [-0.25, -0.2) is 0 Å². The number of benzene rings is 1. The van der Waals surface area contributed by atoms with Crippen molar-refractivity contribution in [1.82, 2.24) is 20.3 Å². The first-order valence-corrected chi connectivity index (χ1v) is 9.85. The molecule has 6 nitrogen and oxygen atoms in total. The van der Waals surface area contributed by atoms with Gasteiger partial charge in [-0.3, -0.25) is 9.89 Å². The lowest BCUT2D eigenvalue weighted by molar-refractivity contribution is 0.169. The summed E-state index contributed by atoms with van der Waals surface area (Å²) in [7, 11) is 1.82. The van der Waals surface area contributed by atoms with E-state index in [4.69, 9.17) is 27.7 Å². The summed E-state index contributed by atoms with van der Waals surface area (Å²) in [6, 6.07) is 7.53. The van der Waals surface area contributed by atoms with Crippen molar-refractivity contribution in [1.29, 1.82) is 0 Å². The zero-order valence-electron chi connectivity index (χ0n) is 16.1. The molecule has 0 amide bonds. The molecule has 1 atom stereocenters. The lowest BCUT2D eigenvalue weighted by Gasteiger charge is -2.36. The van der Waals surface area contributed by atoms with Crippen molar-refractivity contribution in [2.24, 2.45) is 4.99 Å². The molecule has 1 aromatic heterocycles. The van der Waals surface area contributed by atoms with Crippen LogP contribution in [0, 0.1) is 0 Å². The van der Waals surface area contributed by atoms with Crippen LogP contribution in [0.2, 0.25) is 10.0 Å². The fourth-order valence-corrected chi connectivity index (χ4v) is 4.10. The summed E-state index contributed by atoms with van der Waals surface area (Å²) in [4.78, 5) is 9.09. The van der Waals surface area contributed by atoms with Crippen LogP contribution >= 0.6 is 47.2 Å².